The van der Waals surface area contributed by atoms with Gasteiger partial charge in [0.15, 0.2) is 0 Å². The summed E-state index contributed by atoms with van der Waals surface area (Å²) in [5.74, 6) is -0.451. The van der Waals surface area contributed by atoms with Gasteiger partial charge in [-0.15, -0.1) is 0 Å². The van der Waals surface area contributed by atoms with Gasteiger partial charge in [0.1, 0.15) is 5.75 Å². The minimum atomic E-state index is -1.08. The highest BCUT2D eigenvalue weighted by atomic mass is 79.9. The molecule has 5 nitrogen and oxygen atoms in total. The summed E-state index contributed by atoms with van der Waals surface area (Å²) in [5.41, 5.74) is 0.300. The molecule has 1 N–H and O–H groups in total. The van der Waals surface area contributed by atoms with Crippen molar-refractivity contribution in [2.75, 3.05) is 7.11 Å². The first-order valence-corrected chi connectivity index (χ1v) is 6.12. The van der Waals surface area contributed by atoms with Crippen molar-refractivity contribution in [2.45, 2.75) is 0 Å². The Labute approximate surface area is 117 Å². The number of benzene rings is 1. The van der Waals surface area contributed by atoms with E-state index >= 15 is 0 Å². The van der Waals surface area contributed by atoms with E-state index in [2.05, 4.69) is 15.9 Å². The van der Waals surface area contributed by atoms with E-state index in [0.717, 1.165) is 0 Å². The lowest BCUT2D eigenvalue weighted by atomic mass is 10.2. The van der Waals surface area contributed by atoms with Gasteiger partial charge >= 0.3 is 5.97 Å². The Bertz CT molecular complexity index is 693. The van der Waals surface area contributed by atoms with Crippen molar-refractivity contribution < 1.29 is 14.6 Å². The quantitative estimate of drug-likeness (QED) is 0.941. The Balaban J connectivity index is 2.58. The zero-order chi connectivity index (χ0) is 14.0. The number of ether oxygens (including phenoxy) is 1. The van der Waals surface area contributed by atoms with E-state index in [0.29, 0.717) is 15.9 Å². The van der Waals surface area contributed by atoms with Crippen molar-refractivity contribution in [1.82, 2.24) is 4.57 Å². The number of pyridine rings is 1. The lowest BCUT2D eigenvalue weighted by Gasteiger charge is -2.09. The molecule has 19 heavy (non-hydrogen) atoms. The SMILES string of the molecule is COc1ccc(-n2cc(C(=O)O)ccc2=O)cc1Br. The van der Waals surface area contributed by atoms with Crippen LogP contribution in [-0.4, -0.2) is 22.8 Å². The van der Waals surface area contributed by atoms with Crippen LogP contribution in [0, 0.1) is 0 Å². The summed E-state index contributed by atoms with van der Waals surface area (Å²) in [5, 5.41) is 8.94. The summed E-state index contributed by atoms with van der Waals surface area (Å²) in [4.78, 5) is 22.7. The van der Waals surface area contributed by atoms with Crippen LogP contribution in [0.4, 0.5) is 0 Å². The lowest BCUT2D eigenvalue weighted by Crippen LogP contribution is -2.18. The van der Waals surface area contributed by atoms with Gasteiger partial charge in [-0.3, -0.25) is 9.36 Å². The zero-order valence-corrected chi connectivity index (χ0v) is 11.5. The van der Waals surface area contributed by atoms with Crippen molar-refractivity contribution in [2.24, 2.45) is 0 Å². The maximum atomic E-state index is 11.8. The third kappa shape index (κ3) is 2.68. The number of carboxylic acids is 1. The maximum absolute atomic E-state index is 11.8. The number of halogens is 1. The van der Waals surface area contributed by atoms with Gasteiger partial charge in [0, 0.05) is 18.0 Å². The van der Waals surface area contributed by atoms with Gasteiger partial charge in [0.05, 0.1) is 17.1 Å². The molecule has 0 aliphatic heterocycles. The van der Waals surface area contributed by atoms with E-state index in [1.54, 1.807) is 18.2 Å². The molecule has 0 radical (unpaired) electrons. The fourth-order valence-corrected chi connectivity index (χ4v) is 2.15. The predicted octanol–water partition coefficient (Wildman–Crippen LogP) is 2.31. The van der Waals surface area contributed by atoms with Crippen molar-refractivity contribution >= 4 is 21.9 Å². The largest absolute Gasteiger partial charge is 0.496 e. The lowest BCUT2D eigenvalue weighted by molar-refractivity contribution is 0.0696. The smallest absolute Gasteiger partial charge is 0.337 e. The van der Waals surface area contributed by atoms with Gasteiger partial charge in [-0.1, -0.05) is 0 Å². The van der Waals surface area contributed by atoms with Crippen molar-refractivity contribution in [3.63, 3.8) is 0 Å². The molecular weight excluding hydrogens is 314 g/mol. The second-order valence-electron chi connectivity index (χ2n) is 3.75. The molecular formula is C13H10BrNO4. The summed E-state index contributed by atoms with van der Waals surface area (Å²) >= 11 is 3.32. The van der Waals surface area contributed by atoms with Gasteiger partial charge in [0.25, 0.3) is 5.56 Å². The molecule has 1 heterocycles. The summed E-state index contributed by atoms with van der Waals surface area (Å²) in [6, 6.07) is 7.56. The molecule has 0 amide bonds. The van der Waals surface area contributed by atoms with Gasteiger partial charge in [-0.2, -0.15) is 0 Å². The molecule has 6 heteroatoms. The molecule has 98 valence electrons. The van der Waals surface area contributed by atoms with Crippen LogP contribution >= 0.6 is 15.9 Å². The minimum absolute atomic E-state index is 0.0477. The van der Waals surface area contributed by atoms with Gasteiger partial charge in [-0.25, -0.2) is 4.79 Å². The third-order valence-corrected chi connectivity index (χ3v) is 3.19. The van der Waals surface area contributed by atoms with Crippen molar-refractivity contribution in [1.29, 1.82) is 0 Å². The van der Waals surface area contributed by atoms with Crippen LogP contribution in [-0.2, 0) is 0 Å². The van der Waals surface area contributed by atoms with Crippen molar-refractivity contribution in [3.8, 4) is 11.4 Å². The summed E-state index contributed by atoms with van der Waals surface area (Å²) in [6.07, 6.45) is 1.29. The predicted molar refractivity (Wildman–Crippen MR) is 73.3 cm³/mol. The molecule has 1 aromatic carbocycles. The van der Waals surface area contributed by atoms with E-state index in [-0.39, 0.29) is 11.1 Å². The Morgan fingerprint density at radius 2 is 2.05 bits per heavy atom. The number of nitrogens with zero attached hydrogens (tertiary/aromatic N) is 1. The second kappa shape index (κ2) is 5.27. The van der Waals surface area contributed by atoms with E-state index in [4.69, 9.17) is 9.84 Å². The highest BCUT2D eigenvalue weighted by Gasteiger charge is 2.08. The molecule has 0 atom stereocenters. The van der Waals surface area contributed by atoms with Crippen LogP contribution in [0.2, 0.25) is 0 Å². The molecule has 0 fully saturated rings. The summed E-state index contributed by atoms with van der Waals surface area (Å²) < 4.78 is 7.05. The number of hydrogen-bond acceptors (Lipinski definition) is 3. The van der Waals surface area contributed by atoms with Crippen LogP contribution in [0.1, 0.15) is 10.4 Å². The standard InChI is InChI=1S/C13H10BrNO4/c1-19-11-4-3-9(6-10(11)14)15-7-8(13(17)18)2-5-12(15)16/h2-7H,1H3,(H,17,18). The number of rotatable bonds is 3. The minimum Gasteiger partial charge on any atom is -0.496 e. The highest BCUT2D eigenvalue weighted by Crippen LogP contribution is 2.26. The van der Waals surface area contributed by atoms with E-state index < -0.39 is 5.97 Å². The number of methoxy groups -OCH3 is 1. The van der Waals surface area contributed by atoms with E-state index in [1.165, 1.54) is 30.0 Å². The third-order valence-electron chi connectivity index (χ3n) is 2.57. The van der Waals surface area contributed by atoms with E-state index in [9.17, 15) is 9.59 Å². The van der Waals surface area contributed by atoms with Gasteiger partial charge in [-0.05, 0) is 40.2 Å². The fourth-order valence-electron chi connectivity index (χ4n) is 1.62. The average molecular weight is 324 g/mol. The molecule has 0 saturated heterocycles. The first-order valence-electron chi connectivity index (χ1n) is 5.33. The van der Waals surface area contributed by atoms with Crippen LogP contribution in [0.3, 0.4) is 0 Å². The average Bonchev–Trinajstić information content (AvgIpc) is 2.38. The van der Waals surface area contributed by atoms with Crippen LogP contribution in [0.5, 0.6) is 5.75 Å². The molecule has 0 bridgehead atoms. The fraction of sp³-hybridized carbons (Fsp3) is 0.0769. The Morgan fingerprint density at radius 3 is 2.63 bits per heavy atom. The van der Waals surface area contributed by atoms with E-state index in [1.807, 2.05) is 0 Å². The Kier molecular flexibility index (Phi) is 3.71. The Hall–Kier alpha value is -2.08. The van der Waals surface area contributed by atoms with Gasteiger partial charge < -0.3 is 9.84 Å². The number of carboxylic acid groups (broad SMARTS) is 1. The second-order valence-corrected chi connectivity index (χ2v) is 4.60. The Morgan fingerprint density at radius 1 is 1.32 bits per heavy atom. The van der Waals surface area contributed by atoms with Gasteiger partial charge in [0.2, 0.25) is 0 Å². The summed E-state index contributed by atoms with van der Waals surface area (Å²) in [6.45, 7) is 0. The first kappa shape index (κ1) is 13.4. The molecule has 0 aliphatic rings. The summed E-state index contributed by atoms with van der Waals surface area (Å²) in [7, 11) is 1.54. The van der Waals surface area contributed by atoms with Crippen LogP contribution in [0.25, 0.3) is 5.69 Å². The molecule has 2 aromatic rings. The van der Waals surface area contributed by atoms with Crippen molar-refractivity contribution in [3.05, 3.63) is 56.9 Å². The van der Waals surface area contributed by atoms with Crippen LogP contribution < -0.4 is 10.3 Å². The highest BCUT2D eigenvalue weighted by molar-refractivity contribution is 9.10. The number of carbonyl (C=O) groups is 1. The monoisotopic (exact) mass is 323 g/mol. The molecule has 0 spiro atoms. The molecule has 0 saturated carbocycles. The van der Waals surface area contributed by atoms with Crippen LogP contribution in [0.15, 0.2) is 45.8 Å². The number of aromatic nitrogens is 1. The molecule has 0 aliphatic carbocycles. The zero-order valence-electron chi connectivity index (χ0n) is 9.96. The molecule has 1 aromatic heterocycles. The molecule has 0 unspecified atom stereocenters. The maximum Gasteiger partial charge on any atom is 0.337 e. The first-order chi connectivity index (χ1) is 9.02. The number of hydrogen-bond donors (Lipinski definition) is 1. The molecule has 2 rings (SSSR count). The normalized spacial score (nSPS) is 10.2. The number of aromatic carboxylic acids is 1. The topological polar surface area (TPSA) is 68.5 Å².